The highest BCUT2D eigenvalue weighted by atomic mass is 16.8. The number of aliphatic hydroxyl groups excluding tert-OH is 6. The number of allylic oxidation sites excluding steroid dienone is 1. The quantitative estimate of drug-likeness (QED) is 0.148. The Hall–Kier alpha value is -1.19. The number of carboxylic acid groups (broad SMARTS) is 1. The summed E-state index contributed by atoms with van der Waals surface area (Å²) in [6.07, 6.45) is -3.90. The van der Waals surface area contributed by atoms with Crippen LogP contribution < -0.4 is 0 Å². The molecular weight excluding hydrogens is 684 g/mol. The molecule has 2 aliphatic heterocycles. The van der Waals surface area contributed by atoms with Crippen LogP contribution in [0, 0.1) is 56.7 Å². The Morgan fingerprint density at radius 1 is 0.792 bits per heavy atom. The van der Waals surface area contributed by atoms with Crippen LogP contribution in [-0.2, 0) is 23.7 Å². The third-order valence-electron chi connectivity index (χ3n) is 17.4. The van der Waals surface area contributed by atoms with Gasteiger partial charge in [-0.2, -0.15) is 0 Å². The monoisotopic (exact) mass is 750 g/mol. The summed E-state index contributed by atoms with van der Waals surface area (Å²) in [6.45, 7) is 17.1. The molecule has 0 aromatic heterocycles. The van der Waals surface area contributed by atoms with Gasteiger partial charge in [-0.15, -0.1) is 0 Å². The molecule has 0 aromatic rings. The van der Waals surface area contributed by atoms with Crippen LogP contribution in [0.3, 0.4) is 0 Å². The van der Waals surface area contributed by atoms with E-state index in [1.807, 2.05) is 0 Å². The van der Waals surface area contributed by atoms with Crippen molar-refractivity contribution in [2.45, 2.75) is 167 Å². The standard InChI is InChI=1S/C41H66O12/c1-20(2)22-10-15-41(36(48)49)17-16-39(6)23(28(22)41)8-9-26-37(4)13-12-27(38(5,19-42)25(37)11-14-40(26,39)7)52-35-33(30(45)24(43)18-50-35)53-34-32(47)31(46)29(44)21(3)51-34/h21-35,42-47H,1,8-19H2,2-7H3,(H,48,49)/t21-,22-,23+,24-,25+,26+,27?,28+,29-,30-,31+,32+,33+,34-,35-,37-,38-,39-,40+,41-/m0/s1. The van der Waals surface area contributed by atoms with Gasteiger partial charge in [-0.3, -0.25) is 4.79 Å². The summed E-state index contributed by atoms with van der Waals surface area (Å²) in [7, 11) is 0. The van der Waals surface area contributed by atoms with Crippen LogP contribution in [0.2, 0.25) is 0 Å². The summed E-state index contributed by atoms with van der Waals surface area (Å²) in [5, 5.41) is 74.9. The molecule has 12 nitrogen and oxygen atoms in total. The molecule has 5 saturated carbocycles. The molecule has 7 aliphatic rings. The van der Waals surface area contributed by atoms with E-state index in [-0.39, 0.29) is 47.2 Å². The van der Waals surface area contributed by atoms with Gasteiger partial charge in [-0.1, -0.05) is 39.8 Å². The van der Waals surface area contributed by atoms with Gasteiger partial charge < -0.3 is 54.7 Å². The van der Waals surface area contributed by atoms with E-state index < -0.39 is 78.2 Å². The lowest BCUT2D eigenvalue weighted by molar-refractivity contribution is -0.366. The van der Waals surface area contributed by atoms with Gasteiger partial charge in [0, 0.05) is 5.41 Å². The van der Waals surface area contributed by atoms with E-state index in [4.69, 9.17) is 18.9 Å². The van der Waals surface area contributed by atoms with Crippen molar-refractivity contribution in [3.05, 3.63) is 12.2 Å². The van der Waals surface area contributed by atoms with Gasteiger partial charge in [0.05, 0.1) is 30.8 Å². The number of ether oxygens (including phenoxy) is 4. The van der Waals surface area contributed by atoms with Crippen molar-refractivity contribution in [1.82, 2.24) is 0 Å². The van der Waals surface area contributed by atoms with Gasteiger partial charge in [-0.05, 0) is 124 Å². The molecule has 7 fully saturated rings. The highest BCUT2D eigenvalue weighted by molar-refractivity contribution is 5.76. The first-order valence-corrected chi connectivity index (χ1v) is 20.3. The molecular formula is C41H66O12. The van der Waals surface area contributed by atoms with Crippen LogP contribution in [0.4, 0.5) is 0 Å². The van der Waals surface area contributed by atoms with Crippen LogP contribution in [0.25, 0.3) is 0 Å². The largest absolute Gasteiger partial charge is 0.481 e. The van der Waals surface area contributed by atoms with Crippen LogP contribution >= 0.6 is 0 Å². The second-order valence-corrected chi connectivity index (χ2v) is 19.5. The lowest BCUT2D eigenvalue weighted by Crippen LogP contribution is -2.68. The molecule has 1 unspecified atom stereocenters. The molecule has 7 rings (SSSR count). The predicted molar refractivity (Wildman–Crippen MR) is 192 cm³/mol. The summed E-state index contributed by atoms with van der Waals surface area (Å²) in [6, 6.07) is 0. The van der Waals surface area contributed by atoms with E-state index in [2.05, 4.69) is 41.2 Å². The summed E-state index contributed by atoms with van der Waals surface area (Å²) in [5.41, 5.74) is -0.394. The minimum atomic E-state index is -1.62. The Kier molecular flexibility index (Phi) is 10.4. The summed E-state index contributed by atoms with van der Waals surface area (Å²) in [5.74, 6) is 0.490. The molecule has 2 saturated heterocycles. The third-order valence-corrected chi connectivity index (χ3v) is 17.4. The number of aliphatic carboxylic acids is 1. The smallest absolute Gasteiger partial charge is 0.309 e. The van der Waals surface area contributed by atoms with E-state index in [0.717, 1.165) is 56.9 Å². The first-order valence-electron chi connectivity index (χ1n) is 20.3. The maximum Gasteiger partial charge on any atom is 0.309 e. The molecule has 0 spiro atoms. The molecule has 5 aliphatic carbocycles. The SMILES string of the molecule is C=C(C)[C@@H]1CC[C@]2(C(=O)O)CC[C@@]3(C)[C@H](CC[C@@H]4[C@@]5(C)CCC(O[C@@H]6OC[C@H](O)[C@H](O)[C@H]6O[C@@H]6O[C@@H](C)[C@H](O)[C@@H](O)[C@H]6O)[C@@](C)(CO)[C@@H]5CC[C@]43C)[C@@H]12. The molecule has 302 valence electrons. The van der Waals surface area contributed by atoms with Gasteiger partial charge in [-0.25, -0.2) is 0 Å². The topological polar surface area (TPSA) is 196 Å². The van der Waals surface area contributed by atoms with E-state index in [0.29, 0.717) is 24.7 Å². The molecule has 0 bridgehead atoms. The van der Waals surface area contributed by atoms with Gasteiger partial charge in [0.2, 0.25) is 0 Å². The predicted octanol–water partition coefficient (Wildman–Crippen LogP) is 3.38. The lowest BCUT2D eigenvalue weighted by Gasteiger charge is -2.73. The Balaban J connectivity index is 1.14. The van der Waals surface area contributed by atoms with E-state index in [9.17, 15) is 40.5 Å². The van der Waals surface area contributed by atoms with E-state index in [1.165, 1.54) is 6.92 Å². The average molecular weight is 751 g/mol. The number of hydrogen-bond acceptors (Lipinski definition) is 11. The van der Waals surface area contributed by atoms with Crippen molar-refractivity contribution in [3.8, 4) is 0 Å². The highest BCUT2D eigenvalue weighted by Crippen LogP contribution is 2.77. The fourth-order valence-electron chi connectivity index (χ4n) is 14.2. The zero-order chi connectivity index (χ0) is 38.6. The number of hydrogen-bond donors (Lipinski definition) is 7. The molecule has 12 heteroatoms. The summed E-state index contributed by atoms with van der Waals surface area (Å²) >= 11 is 0. The van der Waals surface area contributed by atoms with Crippen molar-refractivity contribution >= 4 is 5.97 Å². The first kappa shape index (κ1) is 40.0. The molecule has 53 heavy (non-hydrogen) atoms. The Morgan fingerprint density at radius 2 is 1.51 bits per heavy atom. The van der Waals surface area contributed by atoms with Crippen LogP contribution in [0.15, 0.2) is 12.2 Å². The zero-order valence-electron chi connectivity index (χ0n) is 32.5. The number of carbonyl (C=O) groups is 1. The minimum absolute atomic E-state index is 0.0140. The van der Waals surface area contributed by atoms with Gasteiger partial charge >= 0.3 is 5.97 Å². The van der Waals surface area contributed by atoms with Crippen molar-refractivity contribution < 1.29 is 59.5 Å². The van der Waals surface area contributed by atoms with Crippen molar-refractivity contribution in [1.29, 1.82) is 0 Å². The minimum Gasteiger partial charge on any atom is -0.481 e. The Morgan fingerprint density at radius 3 is 2.17 bits per heavy atom. The van der Waals surface area contributed by atoms with Crippen LogP contribution in [0.5, 0.6) is 0 Å². The zero-order valence-corrected chi connectivity index (χ0v) is 32.5. The Labute approximate surface area is 314 Å². The average Bonchev–Trinajstić information content (AvgIpc) is 3.52. The summed E-state index contributed by atoms with van der Waals surface area (Å²) < 4.78 is 24.3. The van der Waals surface area contributed by atoms with Gasteiger partial charge in [0.1, 0.15) is 36.6 Å². The number of rotatable bonds is 7. The number of fused-ring (bicyclic) bond motifs is 7. The maximum atomic E-state index is 13.0. The van der Waals surface area contributed by atoms with E-state index in [1.54, 1.807) is 0 Å². The summed E-state index contributed by atoms with van der Waals surface area (Å²) in [4.78, 5) is 13.0. The lowest BCUT2D eigenvalue weighted by atomic mass is 9.32. The van der Waals surface area contributed by atoms with Crippen LogP contribution in [-0.4, -0.2) is 116 Å². The molecule has 2 heterocycles. The van der Waals surface area contributed by atoms with Gasteiger partial charge in [0.25, 0.3) is 0 Å². The maximum absolute atomic E-state index is 13.0. The fraction of sp³-hybridized carbons (Fsp3) is 0.927. The number of carboxylic acids is 1. The van der Waals surface area contributed by atoms with Crippen molar-refractivity contribution in [2.75, 3.05) is 13.2 Å². The molecule has 20 atom stereocenters. The molecule has 7 N–H and O–H groups in total. The van der Waals surface area contributed by atoms with Crippen molar-refractivity contribution in [2.24, 2.45) is 56.7 Å². The molecule has 0 aromatic carbocycles. The van der Waals surface area contributed by atoms with Crippen LogP contribution in [0.1, 0.15) is 106 Å². The van der Waals surface area contributed by atoms with E-state index >= 15 is 0 Å². The third kappa shape index (κ3) is 5.69. The normalized spacial score (nSPS) is 56.7. The highest BCUT2D eigenvalue weighted by Gasteiger charge is 2.72. The second kappa shape index (κ2) is 13.7. The molecule has 0 amide bonds. The first-order chi connectivity index (χ1) is 24.8. The second-order valence-electron chi connectivity index (χ2n) is 19.5. The fourth-order valence-corrected chi connectivity index (χ4v) is 14.2. The van der Waals surface area contributed by atoms with Crippen molar-refractivity contribution in [3.63, 3.8) is 0 Å². The molecule has 0 radical (unpaired) electrons. The number of aliphatic hydroxyl groups is 6. The van der Waals surface area contributed by atoms with Gasteiger partial charge in [0.15, 0.2) is 12.6 Å². The Bertz CT molecular complexity index is 1410.